The molecule has 0 aliphatic carbocycles. The van der Waals surface area contributed by atoms with Crippen molar-refractivity contribution >= 4 is 17.5 Å². The average Bonchev–Trinajstić information content (AvgIpc) is 2.07. The van der Waals surface area contributed by atoms with Crippen LogP contribution in [0.4, 0.5) is 0 Å². The Kier molecular flexibility index (Phi) is 6.94. The first-order chi connectivity index (χ1) is 6.81. The summed E-state index contributed by atoms with van der Waals surface area (Å²) in [5.41, 5.74) is -0.262. The number of alkyl halides is 1. The van der Waals surface area contributed by atoms with Gasteiger partial charge in [0.1, 0.15) is 6.61 Å². The molecule has 0 saturated heterocycles. The number of rotatable bonds is 6. The van der Waals surface area contributed by atoms with Gasteiger partial charge >= 0.3 is 0 Å². The monoisotopic (exact) mass is 235 g/mol. The maximum Gasteiger partial charge on any atom is 0.246 e. The Morgan fingerprint density at radius 1 is 1.47 bits per heavy atom. The van der Waals surface area contributed by atoms with Crippen LogP contribution in [-0.4, -0.2) is 30.0 Å². The second-order valence-electron chi connectivity index (χ2n) is 4.67. The molecule has 0 radical (unpaired) electrons. The van der Waals surface area contributed by atoms with Crippen LogP contribution in [0.1, 0.15) is 40.5 Å². The molecular weight excluding hydrogens is 214 g/mol. The molecule has 1 unspecified atom stereocenters. The third-order valence-electron chi connectivity index (χ3n) is 1.74. The van der Waals surface area contributed by atoms with E-state index in [1.807, 2.05) is 27.7 Å². The summed E-state index contributed by atoms with van der Waals surface area (Å²) in [6.45, 7) is 8.52. The summed E-state index contributed by atoms with van der Waals surface area (Å²) in [5, 5.41) is 2.96. The lowest BCUT2D eigenvalue weighted by molar-refractivity contribution is -0.130. The molecule has 0 aromatic heterocycles. The lowest BCUT2D eigenvalue weighted by Gasteiger charge is -2.18. The number of ether oxygens (including phenoxy) is 1. The molecule has 1 atom stereocenters. The van der Waals surface area contributed by atoms with Crippen LogP contribution >= 0.6 is 11.6 Å². The first-order valence-electron chi connectivity index (χ1n) is 5.36. The van der Waals surface area contributed by atoms with E-state index in [-0.39, 0.29) is 23.5 Å². The van der Waals surface area contributed by atoms with Crippen molar-refractivity contribution in [3.8, 4) is 0 Å². The maximum atomic E-state index is 11.3. The average molecular weight is 236 g/mol. The zero-order valence-electron chi connectivity index (χ0n) is 10.1. The number of carbonyl (C=O) groups excluding carboxylic acids is 1. The van der Waals surface area contributed by atoms with Crippen molar-refractivity contribution in [3.63, 3.8) is 0 Å². The van der Waals surface area contributed by atoms with Gasteiger partial charge in [0.05, 0.1) is 5.60 Å². The van der Waals surface area contributed by atoms with E-state index >= 15 is 0 Å². The number of amides is 1. The van der Waals surface area contributed by atoms with Gasteiger partial charge in [-0.1, -0.05) is 0 Å². The van der Waals surface area contributed by atoms with E-state index in [4.69, 9.17) is 16.3 Å². The molecule has 0 aliphatic heterocycles. The van der Waals surface area contributed by atoms with Crippen LogP contribution in [0.25, 0.3) is 0 Å². The van der Waals surface area contributed by atoms with Crippen molar-refractivity contribution in [1.29, 1.82) is 0 Å². The Bertz CT molecular complexity index is 188. The zero-order valence-corrected chi connectivity index (χ0v) is 10.9. The van der Waals surface area contributed by atoms with Gasteiger partial charge in [-0.3, -0.25) is 4.79 Å². The highest BCUT2D eigenvalue weighted by Gasteiger charge is 2.12. The van der Waals surface area contributed by atoms with Gasteiger partial charge in [0.15, 0.2) is 0 Å². The highest BCUT2D eigenvalue weighted by atomic mass is 35.5. The minimum atomic E-state index is -0.262. The molecule has 3 nitrogen and oxygen atoms in total. The molecular formula is C11H22ClNO2. The largest absolute Gasteiger partial charge is 0.366 e. The Labute approximate surface area is 97.5 Å². The predicted octanol–water partition coefficient (Wildman–Crippen LogP) is 2.33. The third kappa shape index (κ3) is 11.6. The van der Waals surface area contributed by atoms with Crippen molar-refractivity contribution in [3.05, 3.63) is 0 Å². The van der Waals surface area contributed by atoms with Gasteiger partial charge in [0, 0.05) is 11.9 Å². The SMILES string of the molecule is CC(Cl)CCCNC(=O)COC(C)(C)C. The topological polar surface area (TPSA) is 38.3 Å². The summed E-state index contributed by atoms with van der Waals surface area (Å²) >= 11 is 5.78. The van der Waals surface area contributed by atoms with E-state index in [2.05, 4.69) is 5.32 Å². The second kappa shape index (κ2) is 7.07. The van der Waals surface area contributed by atoms with Crippen LogP contribution in [0.2, 0.25) is 0 Å². The fraction of sp³-hybridized carbons (Fsp3) is 0.909. The summed E-state index contributed by atoms with van der Waals surface area (Å²) in [7, 11) is 0. The van der Waals surface area contributed by atoms with E-state index in [0.717, 1.165) is 12.8 Å². The molecule has 0 saturated carbocycles. The van der Waals surface area contributed by atoms with Gasteiger partial charge in [-0.05, 0) is 40.5 Å². The van der Waals surface area contributed by atoms with Gasteiger partial charge < -0.3 is 10.1 Å². The first kappa shape index (κ1) is 14.7. The second-order valence-corrected chi connectivity index (χ2v) is 5.42. The maximum absolute atomic E-state index is 11.3. The first-order valence-corrected chi connectivity index (χ1v) is 5.79. The number of carbonyl (C=O) groups is 1. The molecule has 15 heavy (non-hydrogen) atoms. The van der Waals surface area contributed by atoms with E-state index < -0.39 is 0 Å². The van der Waals surface area contributed by atoms with E-state index in [0.29, 0.717) is 6.54 Å². The van der Waals surface area contributed by atoms with E-state index in [1.54, 1.807) is 0 Å². The molecule has 0 aromatic carbocycles. The Hall–Kier alpha value is -0.280. The summed E-state index contributed by atoms with van der Waals surface area (Å²) in [4.78, 5) is 11.3. The summed E-state index contributed by atoms with van der Waals surface area (Å²) in [6, 6.07) is 0. The number of hydrogen-bond acceptors (Lipinski definition) is 2. The van der Waals surface area contributed by atoms with Crippen LogP contribution in [0.3, 0.4) is 0 Å². The fourth-order valence-electron chi connectivity index (χ4n) is 0.944. The minimum Gasteiger partial charge on any atom is -0.366 e. The molecule has 0 rings (SSSR count). The molecule has 1 N–H and O–H groups in total. The molecule has 1 amide bonds. The summed E-state index contributed by atoms with van der Waals surface area (Å²) in [6.07, 6.45) is 1.83. The Balaban J connectivity index is 3.42. The quantitative estimate of drug-likeness (QED) is 0.567. The highest BCUT2D eigenvalue weighted by molar-refractivity contribution is 6.20. The zero-order chi connectivity index (χ0) is 11.9. The van der Waals surface area contributed by atoms with Crippen molar-refractivity contribution < 1.29 is 9.53 Å². The van der Waals surface area contributed by atoms with E-state index in [9.17, 15) is 4.79 Å². The van der Waals surface area contributed by atoms with Gasteiger partial charge in [-0.15, -0.1) is 11.6 Å². The van der Waals surface area contributed by atoms with Crippen LogP contribution < -0.4 is 5.32 Å². The van der Waals surface area contributed by atoms with Crippen molar-refractivity contribution in [2.24, 2.45) is 0 Å². The van der Waals surface area contributed by atoms with Crippen molar-refractivity contribution in [2.45, 2.75) is 51.5 Å². The molecule has 0 aromatic rings. The molecule has 0 bridgehead atoms. The molecule has 4 heteroatoms. The molecule has 0 fully saturated rings. The normalized spacial score (nSPS) is 13.7. The van der Waals surface area contributed by atoms with Gasteiger partial charge in [0.2, 0.25) is 5.91 Å². The Morgan fingerprint density at radius 2 is 2.07 bits per heavy atom. The predicted molar refractivity (Wildman–Crippen MR) is 63.3 cm³/mol. The Morgan fingerprint density at radius 3 is 2.53 bits per heavy atom. The van der Waals surface area contributed by atoms with E-state index in [1.165, 1.54) is 0 Å². The fourth-order valence-corrected chi connectivity index (χ4v) is 1.10. The van der Waals surface area contributed by atoms with Crippen LogP contribution in [0.15, 0.2) is 0 Å². The third-order valence-corrected chi connectivity index (χ3v) is 1.96. The van der Waals surface area contributed by atoms with Crippen LogP contribution in [0, 0.1) is 0 Å². The van der Waals surface area contributed by atoms with Crippen molar-refractivity contribution in [2.75, 3.05) is 13.2 Å². The van der Waals surface area contributed by atoms with Crippen LogP contribution in [0.5, 0.6) is 0 Å². The minimum absolute atomic E-state index is 0.0628. The summed E-state index contributed by atoms with van der Waals surface area (Å²) in [5.74, 6) is -0.0628. The number of halogens is 1. The summed E-state index contributed by atoms with van der Waals surface area (Å²) < 4.78 is 5.33. The number of hydrogen-bond donors (Lipinski definition) is 1. The smallest absolute Gasteiger partial charge is 0.246 e. The molecule has 90 valence electrons. The van der Waals surface area contributed by atoms with Gasteiger partial charge in [-0.25, -0.2) is 0 Å². The lowest BCUT2D eigenvalue weighted by Crippen LogP contribution is -2.32. The molecule has 0 heterocycles. The van der Waals surface area contributed by atoms with Gasteiger partial charge in [0.25, 0.3) is 0 Å². The lowest BCUT2D eigenvalue weighted by atomic mass is 10.2. The van der Waals surface area contributed by atoms with Crippen LogP contribution in [-0.2, 0) is 9.53 Å². The number of nitrogens with one attached hydrogen (secondary N) is 1. The highest BCUT2D eigenvalue weighted by Crippen LogP contribution is 2.05. The van der Waals surface area contributed by atoms with Gasteiger partial charge in [-0.2, -0.15) is 0 Å². The van der Waals surface area contributed by atoms with Crippen molar-refractivity contribution in [1.82, 2.24) is 5.32 Å². The molecule has 0 spiro atoms. The molecule has 0 aliphatic rings. The standard InChI is InChI=1S/C11H22ClNO2/c1-9(12)6-5-7-13-10(14)8-15-11(2,3)4/h9H,5-8H2,1-4H3,(H,13,14).